The van der Waals surface area contributed by atoms with Crippen LogP contribution < -0.4 is 5.30 Å². The Bertz CT molecular complexity index is 1090. The maximum atomic E-state index is 13.3. The lowest BCUT2D eigenvalue weighted by atomic mass is 9.93. The predicted molar refractivity (Wildman–Crippen MR) is 113 cm³/mol. The van der Waals surface area contributed by atoms with Crippen LogP contribution in [-0.2, 0) is 4.57 Å². The van der Waals surface area contributed by atoms with Gasteiger partial charge in [-0.05, 0) is 30.3 Å². The molecule has 0 aliphatic rings. The summed E-state index contributed by atoms with van der Waals surface area (Å²) in [5.74, 6) is -1.20. The van der Waals surface area contributed by atoms with Crippen LogP contribution in [0.5, 0.6) is 0 Å². The summed E-state index contributed by atoms with van der Waals surface area (Å²) in [7, 11) is -0.442. The number of carbonyl (C=O) groups excluding carboxylic acids is 2. The molecule has 0 aliphatic heterocycles. The van der Waals surface area contributed by atoms with Gasteiger partial charge < -0.3 is 0 Å². The van der Waals surface area contributed by atoms with Crippen molar-refractivity contribution in [3.8, 4) is 0 Å². The van der Waals surface area contributed by atoms with E-state index in [0.29, 0.717) is 0 Å². The topological polar surface area (TPSA) is 51.2 Å². The highest BCUT2D eigenvalue weighted by atomic mass is 35.5. The lowest BCUT2D eigenvalue weighted by molar-refractivity contribution is 0.100. The molecule has 0 saturated carbocycles. The Kier molecular flexibility index (Phi) is 6.54. The molecule has 0 atom stereocenters. The van der Waals surface area contributed by atoms with Gasteiger partial charge in [0.15, 0.2) is 20.0 Å². The van der Waals surface area contributed by atoms with E-state index in [0.717, 1.165) is 0 Å². The van der Waals surface area contributed by atoms with Crippen LogP contribution in [0.25, 0.3) is 0 Å². The van der Waals surface area contributed by atoms with Crippen molar-refractivity contribution >= 4 is 71.7 Å². The maximum absolute atomic E-state index is 13.3. The Labute approximate surface area is 182 Å². The summed E-state index contributed by atoms with van der Waals surface area (Å²) in [4.78, 5) is 26.5. The molecule has 0 saturated heterocycles. The molecule has 0 fully saturated rings. The van der Waals surface area contributed by atoms with Crippen LogP contribution in [0.15, 0.2) is 54.6 Å². The predicted octanol–water partition coefficient (Wildman–Crippen LogP) is 6.68. The second kappa shape index (κ2) is 8.73. The average Bonchev–Trinajstić information content (AvgIpc) is 2.66. The summed E-state index contributed by atoms with van der Waals surface area (Å²) >= 11 is 24.6. The molecule has 8 heteroatoms. The number of rotatable bonds is 5. The second-order valence-corrected chi connectivity index (χ2v) is 7.94. The Balaban J connectivity index is 2.27. The lowest BCUT2D eigenvalue weighted by Gasteiger charge is -2.13. The zero-order valence-corrected chi connectivity index (χ0v) is 17.8. The molecule has 0 aliphatic carbocycles. The molecule has 0 heterocycles. The van der Waals surface area contributed by atoms with Gasteiger partial charge in [-0.25, -0.2) is 0 Å². The molecule has 0 amide bonds. The van der Waals surface area contributed by atoms with Gasteiger partial charge in [0.2, 0.25) is 0 Å². The van der Waals surface area contributed by atoms with Crippen molar-refractivity contribution in [1.82, 2.24) is 0 Å². The van der Waals surface area contributed by atoms with Gasteiger partial charge in [0.25, 0.3) is 0 Å². The zero-order valence-electron chi connectivity index (χ0n) is 13.9. The molecule has 0 radical (unpaired) electrons. The standard InChI is InChI=1S/C20H9Cl4O3P/c21-11-5-2-6-12(22)17(11)19(25)10-4-1-9-15(28-27)16(10)20(26)18-13(23)7-3-8-14(18)24/h1-9H. The van der Waals surface area contributed by atoms with Gasteiger partial charge in [-0.15, -0.1) is 0 Å². The van der Waals surface area contributed by atoms with Crippen molar-refractivity contribution in [3.63, 3.8) is 0 Å². The molecule has 3 nitrogen and oxygen atoms in total. The monoisotopic (exact) mass is 468 g/mol. The van der Waals surface area contributed by atoms with Gasteiger partial charge in [-0.3, -0.25) is 14.2 Å². The maximum Gasteiger partial charge on any atom is 0.197 e. The molecule has 3 aromatic rings. The third kappa shape index (κ3) is 3.87. The fourth-order valence-corrected chi connectivity index (χ4v) is 4.33. The van der Waals surface area contributed by atoms with Crippen LogP contribution in [0.3, 0.4) is 0 Å². The first kappa shape index (κ1) is 21.0. The van der Waals surface area contributed by atoms with E-state index < -0.39 is 20.0 Å². The highest BCUT2D eigenvalue weighted by Crippen LogP contribution is 2.31. The Morgan fingerprint density at radius 2 is 1.04 bits per heavy atom. The number of benzene rings is 3. The van der Waals surface area contributed by atoms with E-state index in [4.69, 9.17) is 46.4 Å². The van der Waals surface area contributed by atoms with Gasteiger partial charge >= 0.3 is 0 Å². The number of ketones is 2. The molecule has 28 heavy (non-hydrogen) atoms. The summed E-state index contributed by atoms with van der Waals surface area (Å²) in [6.07, 6.45) is 0. The third-order valence-corrected chi connectivity index (χ3v) is 5.82. The normalized spacial score (nSPS) is 10.9. The SMILES string of the molecule is O=Pc1cccc(C(=O)c2c(Cl)cccc2Cl)c1C(=O)c1c(Cl)cccc1Cl. The average molecular weight is 470 g/mol. The van der Waals surface area contributed by atoms with Gasteiger partial charge in [0, 0.05) is 11.1 Å². The van der Waals surface area contributed by atoms with Crippen molar-refractivity contribution in [2.45, 2.75) is 0 Å². The van der Waals surface area contributed by atoms with Gasteiger partial charge in [-0.2, -0.15) is 0 Å². The minimum Gasteiger partial charge on any atom is -0.288 e. The first-order valence-electron chi connectivity index (χ1n) is 7.80. The Hall–Kier alpha value is -1.74. The molecule has 0 spiro atoms. The fourth-order valence-electron chi connectivity index (χ4n) is 2.73. The van der Waals surface area contributed by atoms with Gasteiger partial charge in [0.1, 0.15) is 0 Å². The first-order valence-corrected chi connectivity index (χ1v) is 10.1. The highest BCUT2D eigenvalue weighted by Gasteiger charge is 2.27. The summed E-state index contributed by atoms with van der Waals surface area (Å²) in [6, 6.07) is 13.7. The van der Waals surface area contributed by atoms with Crippen LogP contribution in [0.1, 0.15) is 31.8 Å². The molecule has 140 valence electrons. The molecular formula is C20H9Cl4O3P. The molecule has 0 N–H and O–H groups in total. The smallest absolute Gasteiger partial charge is 0.197 e. The third-order valence-electron chi connectivity index (χ3n) is 3.99. The molecular weight excluding hydrogens is 461 g/mol. The van der Waals surface area contributed by atoms with Crippen molar-refractivity contribution in [3.05, 3.63) is 96.9 Å². The van der Waals surface area contributed by atoms with Crippen LogP contribution in [0.2, 0.25) is 20.1 Å². The number of hydrogen-bond acceptors (Lipinski definition) is 3. The molecule has 0 aromatic heterocycles. The Morgan fingerprint density at radius 3 is 1.50 bits per heavy atom. The highest BCUT2D eigenvalue weighted by molar-refractivity contribution is 7.34. The van der Waals surface area contributed by atoms with Crippen molar-refractivity contribution in [1.29, 1.82) is 0 Å². The fraction of sp³-hybridized carbons (Fsp3) is 0. The first-order chi connectivity index (χ1) is 13.4. The zero-order chi connectivity index (χ0) is 20.4. The summed E-state index contributed by atoms with van der Waals surface area (Å²) in [5, 5.41) is 0.622. The molecule has 0 unspecified atom stereocenters. The quantitative estimate of drug-likeness (QED) is 0.309. The van der Waals surface area contributed by atoms with Crippen LogP contribution in [0, 0.1) is 0 Å². The van der Waals surface area contributed by atoms with E-state index in [1.165, 1.54) is 42.5 Å². The van der Waals surface area contributed by atoms with Crippen LogP contribution in [-0.4, -0.2) is 11.6 Å². The molecule has 0 bridgehead atoms. The van der Waals surface area contributed by atoms with Crippen molar-refractivity contribution < 1.29 is 14.2 Å². The molecule has 3 rings (SSSR count). The van der Waals surface area contributed by atoms with E-state index in [1.54, 1.807) is 12.1 Å². The number of halogens is 4. The number of hydrogen-bond donors (Lipinski definition) is 0. The van der Waals surface area contributed by atoms with Crippen LogP contribution in [0.4, 0.5) is 0 Å². The second-order valence-electron chi connectivity index (χ2n) is 5.64. The Morgan fingerprint density at radius 1 is 0.607 bits per heavy atom. The largest absolute Gasteiger partial charge is 0.288 e. The minimum atomic E-state index is -0.624. The lowest BCUT2D eigenvalue weighted by Crippen LogP contribution is -2.19. The van der Waals surface area contributed by atoms with E-state index in [2.05, 4.69) is 0 Å². The minimum absolute atomic E-state index is 0.00293. The van der Waals surface area contributed by atoms with E-state index in [1.807, 2.05) is 0 Å². The molecule has 3 aromatic carbocycles. The van der Waals surface area contributed by atoms with E-state index in [-0.39, 0.29) is 47.6 Å². The van der Waals surface area contributed by atoms with Gasteiger partial charge in [0.05, 0.1) is 36.5 Å². The van der Waals surface area contributed by atoms with Crippen LogP contribution >= 0.6 is 54.9 Å². The summed E-state index contributed by atoms with van der Waals surface area (Å²) in [5.41, 5.74) is -0.0157. The van der Waals surface area contributed by atoms with Crippen molar-refractivity contribution in [2.24, 2.45) is 0 Å². The van der Waals surface area contributed by atoms with E-state index >= 15 is 0 Å². The van der Waals surface area contributed by atoms with Crippen molar-refractivity contribution in [2.75, 3.05) is 0 Å². The van der Waals surface area contributed by atoms with Gasteiger partial charge in [-0.1, -0.05) is 70.7 Å². The summed E-state index contributed by atoms with van der Waals surface area (Å²) < 4.78 is 11.7. The number of carbonyl (C=O) groups is 2. The van der Waals surface area contributed by atoms with E-state index in [9.17, 15) is 14.2 Å². The summed E-state index contributed by atoms with van der Waals surface area (Å²) in [6.45, 7) is 0.